The van der Waals surface area contributed by atoms with Gasteiger partial charge in [-0.3, -0.25) is 0 Å². The molecule has 0 aliphatic carbocycles. The second kappa shape index (κ2) is 4.53. The fraction of sp³-hybridized carbons (Fsp3) is 0.600. The average Bonchev–Trinajstić information content (AvgIpc) is 2.61. The van der Waals surface area contributed by atoms with Gasteiger partial charge in [0.15, 0.2) is 0 Å². The number of halogens is 1. The molecule has 1 aliphatic rings. The van der Waals surface area contributed by atoms with Gasteiger partial charge in [-0.05, 0) is 35.4 Å². The van der Waals surface area contributed by atoms with Crippen LogP contribution >= 0.6 is 22.6 Å². The highest BCUT2D eigenvalue weighted by Gasteiger charge is 2.16. The van der Waals surface area contributed by atoms with E-state index in [0.29, 0.717) is 6.04 Å². The Morgan fingerprint density at radius 3 is 2.71 bits per heavy atom. The lowest BCUT2D eigenvalue weighted by atomic mass is 10.1. The summed E-state index contributed by atoms with van der Waals surface area (Å²) >= 11 is 2.30. The number of methoxy groups -OCH3 is 1. The minimum Gasteiger partial charge on any atom is -0.494 e. The maximum atomic E-state index is 5.34. The first-order valence-electron chi connectivity index (χ1n) is 4.80. The fourth-order valence-corrected chi connectivity index (χ4v) is 2.45. The van der Waals surface area contributed by atoms with E-state index in [4.69, 9.17) is 9.47 Å². The fourth-order valence-electron chi connectivity index (χ4n) is 1.77. The molecule has 1 fully saturated rings. The van der Waals surface area contributed by atoms with Gasteiger partial charge < -0.3 is 14.0 Å². The summed E-state index contributed by atoms with van der Waals surface area (Å²) in [4.78, 5) is 0. The number of hydrogen-bond donors (Lipinski definition) is 0. The minimum absolute atomic E-state index is 0.584. The predicted octanol–water partition coefficient (Wildman–Crippen LogP) is 2.45. The number of aromatic nitrogens is 1. The smallest absolute Gasteiger partial charge is 0.149 e. The van der Waals surface area contributed by atoms with Crippen molar-refractivity contribution in [2.24, 2.45) is 0 Å². The predicted molar refractivity (Wildman–Crippen MR) is 62.8 cm³/mol. The third-order valence-corrected chi connectivity index (χ3v) is 3.41. The van der Waals surface area contributed by atoms with Gasteiger partial charge in [-0.1, -0.05) is 0 Å². The van der Waals surface area contributed by atoms with E-state index in [-0.39, 0.29) is 0 Å². The molecular weight excluding hydrogens is 293 g/mol. The van der Waals surface area contributed by atoms with Crippen LogP contribution < -0.4 is 4.74 Å². The van der Waals surface area contributed by atoms with Crippen molar-refractivity contribution in [3.05, 3.63) is 16.0 Å². The Morgan fingerprint density at radius 2 is 2.14 bits per heavy atom. The first kappa shape index (κ1) is 10.3. The Labute approximate surface area is 97.5 Å². The molecule has 0 saturated carbocycles. The summed E-state index contributed by atoms with van der Waals surface area (Å²) < 4.78 is 14.0. The van der Waals surface area contributed by atoms with E-state index in [1.807, 2.05) is 0 Å². The van der Waals surface area contributed by atoms with Gasteiger partial charge in [0, 0.05) is 31.6 Å². The summed E-state index contributed by atoms with van der Waals surface area (Å²) in [6.07, 6.45) is 6.44. The van der Waals surface area contributed by atoms with Crippen LogP contribution in [0.15, 0.2) is 12.4 Å². The van der Waals surface area contributed by atoms with Gasteiger partial charge in [0.1, 0.15) is 5.75 Å². The highest BCUT2D eigenvalue weighted by molar-refractivity contribution is 14.1. The van der Waals surface area contributed by atoms with Crippen molar-refractivity contribution in [1.82, 2.24) is 4.57 Å². The van der Waals surface area contributed by atoms with Gasteiger partial charge in [0.2, 0.25) is 0 Å². The molecule has 0 atom stereocenters. The largest absolute Gasteiger partial charge is 0.494 e. The molecule has 14 heavy (non-hydrogen) atoms. The van der Waals surface area contributed by atoms with Gasteiger partial charge >= 0.3 is 0 Å². The van der Waals surface area contributed by atoms with Gasteiger partial charge in [-0.25, -0.2) is 0 Å². The molecule has 78 valence electrons. The molecule has 2 rings (SSSR count). The van der Waals surface area contributed by atoms with Crippen LogP contribution in [0.5, 0.6) is 5.75 Å². The maximum Gasteiger partial charge on any atom is 0.149 e. The van der Waals surface area contributed by atoms with Crippen LogP contribution in [-0.2, 0) is 4.74 Å². The summed E-state index contributed by atoms with van der Waals surface area (Å²) in [6.45, 7) is 1.75. The molecule has 3 nitrogen and oxygen atoms in total. The third-order valence-electron chi connectivity index (χ3n) is 2.60. The molecular formula is C10H14INO2. The van der Waals surface area contributed by atoms with E-state index in [0.717, 1.165) is 31.8 Å². The van der Waals surface area contributed by atoms with Gasteiger partial charge in [-0.2, -0.15) is 0 Å². The third kappa shape index (κ3) is 2.06. The first-order valence-corrected chi connectivity index (χ1v) is 5.88. The quantitative estimate of drug-likeness (QED) is 0.784. The summed E-state index contributed by atoms with van der Waals surface area (Å²) in [7, 11) is 1.71. The molecule has 0 spiro atoms. The summed E-state index contributed by atoms with van der Waals surface area (Å²) in [5, 5.41) is 0. The van der Waals surface area contributed by atoms with Crippen LogP contribution in [0.4, 0.5) is 0 Å². The summed E-state index contributed by atoms with van der Waals surface area (Å²) in [5.74, 6) is 0.970. The molecule has 0 unspecified atom stereocenters. The van der Waals surface area contributed by atoms with Crippen LogP contribution in [0.1, 0.15) is 18.9 Å². The topological polar surface area (TPSA) is 23.4 Å². The van der Waals surface area contributed by atoms with E-state index in [1.54, 1.807) is 7.11 Å². The van der Waals surface area contributed by atoms with Crippen LogP contribution in [0.2, 0.25) is 0 Å². The Hall–Kier alpha value is -0.230. The molecule has 1 aromatic heterocycles. The minimum atomic E-state index is 0.584. The zero-order chi connectivity index (χ0) is 9.97. The van der Waals surface area contributed by atoms with Crippen molar-refractivity contribution in [2.45, 2.75) is 18.9 Å². The van der Waals surface area contributed by atoms with Crippen molar-refractivity contribution in [3.63, 3.8) is 0 Å². The van der Waals surface area contributed by atoms with Crippen molar-refractivity contribution < 1.29 is 9.47 Å². The van der Waals surface area contributed by atoms with E-state index >= 15 is 0 Å². The monoisotopic (exact) mass is 307 g/mol. The molecule has 0 amide bonds. The second-order valence-electron chi connectivity index (χ2n) is 3.47. The SMILES string of the molecule is COc1cn(C2CCOCC2)cc1I. The summed E-state index contributed by atoms with van der Waals surface area (Å²) in [6, 6.07) is 0.584. The molecule has 0 bridgehead atoms. The molecule has 1 saturated heterocycles. The van der Waals surface area contributed by atoms with E-state index < -0.39 is 0 Å². The van der Waals surface area contributed by atoms with Crippen molar-refractivity contribution in [1.29, 1.82) is 0 Å². The van der Waals surface area contributed by atoms with Gasteiger partial charge in [-0.15, -0.1) is 0 Å². The molecule has 4 heteroatoms. The number of rotatable bonds is 2. The number of ether oxygens (including phenoxy) is 2. The molecule has 0 N–H and O–H groups in total. The van der Waals surface area contributed by atoms with Crippen molar-refractivity contribution in [2.75, 3.05) is 20.3 Å². The lowest BCUT2D eigenvalue weighted by Crippen LogP contribution is -2.18. The average molecular weight is 307 g/mol. The van der Waals surface area contributed by atoms with E-state index in [1.165, 1.54) is 3.57 Å². The van der Waals surface area contributed by atoms with Gasteiger partial charge in [0.05, 0.1) is 10.7 Å². The molecule has 1 aromatic rings. The molecule has 2 heterocycles. The summed E-state index contributed by atoms with van der Waals surface area (Å²) in [5.41, 5.74) is 0. The lowest BCUT2D eigenvalue weighted by molar-refractivity contribution is 0.0696. The van der Waals surface area contributed by atoms with Crippen LogP contribution in [0.25, 0.3) is 0 Å². The van der Waals surface area contributed by atoms with E-state index in [2.05, 4.69) is 39.6 Å². The first-order chi connectivity index (χ1) is 6.81. The number of hydrogen-bond acceptors (Lipinski definition) is 2. The molecule has 0 radical (unpaired) electrons. The molecule has 1 aliphatic heterocycles. The zero-order valence-corrected chi connectivity index (χ0v) is 10.4. The van der Waals surface area contributed by atoms with Gasteiger partial charge in [0.25, 0.3) is 0 Å². The van der Waals surface area contributed by atoms with Crippen LogP contribution in [-0.4, -0.2) is 24.9 Å². The van der Waals surface area contributed by atoms with Crippen molar-refractivity contribution >= 4 is 22.6 Å². The highest BCUT2D eigenvalue weighted by atomic mass is 127. The Balaban J connectivity index is 2.14. The Kier molecular flexibility index (Phi) is 3.33. The normalized spacial score (nSPS) is 18.4. The standard InChI is InChI=1S/C10H14INO2/c1-13-10-7-12(6-9(10)11)8-2-4-14-5-3-8/h6-8H,2-5H2,1H3. The van der Waals surface area contributed by atoms with Crippen LogP contribution in [0.3, 0.4) is 0 Å². The van der Waals surface area contributed by atoms with Crippen LogP contribution in [0, 0.1) is 3.57 Å². The molecule has 0 aromatic carbocycles. The van der Waals surface area contributed by atoms with Crippen molar-refractivity contribution in [3.8, 4) is 5.75 Å². The van der Waals surface area contributed by atoms with E-state index in [9.17, 15) is 0 Å². The second-order valence-corrected chi connectivity index (χ2v) is 4.63. The maximum absolute atomic E-state index is 5.34. The lowest BCUT2D eigenvalue weighted by Gasteiger charge is -2.23. The Bertz CT molecular complexity index is 305. The Morgan fingerprint density at radius 1 is 1.43 bits per heavy atom. The zero-order valence-electron chi connectivity index (χ0n) is 8.20. The highest BCUT2D eigenvalue weighted by Crippen LogP contribution is 2.28. The number of nitrogens with zero attached hydrogens (tertiary/aromatic N) is 1.